The van der Waals surface area contributed by atoms with Crippen molar-refractivity contribution < 1.29 is 19.6 Å². The molecule has 0 aliphatic rings. The van der Waals surface area contributed by atoms with Crippen LogP contribution in [0, 0.1) is 10.1 Å². The van der Waals surface area contributed by atoms with E-state index in [1.54, 1.807) is 25.1 Å². The van der Waals surface area contributed by atoms with Crippen molar-refractivity contribution in [1.82, 2.24) is 10.4 Å². The van der Waals surface area contributed by atoms with E-state index in [0.717, 1.165) is 10.8 Å². The maximum atomic E-state index is 12.2. The number of nitro benzene ring substituents is 1. The van der Waals surface area contributed by atoms with E-state index in [9.17, 15) is 20.0 Å². The summed E-state index contributed by atoms with van der Waals surface area (Å²) in [7, 11) is 0. The highest BCUT2D eigenvalue weighted by Gasteiger charge is 2.19. The molecule has 1 amide bonds. The number of rotatable bonds is 6. The number of nitrogen functional groups attached to an aromatic ring is 1. The van der Waals surface area contributed by atoms with Crippen molar-refractivity contribution in [2.75, 3.05) is 12.3 Å². The molecule has 1 heterocycles. The number of hydrazone groups is 1. The molecule has 0 saturated heterocycles. The van der Waals surface area contributed by atoms with Crippen molar-refractivity contribution in [1.29, 1.82) is 0 Å². The van der Waals surface area contributed by atoms with Crippen molar-refractivity contribution >= 4 is 44.5 Å². The molecule has 3 rings (SSSR count). The number of amides is 1. The molecule has 0 aliphatic heterocycles. The highest BCUT2D eigenvalue weighted by atomic mass is 32.1. The molecule has 144 valence electrons. The number of phenols is 1. The molecule has 0 radical (unpaired) electrons. The summed E-state index contributed by atoms with van der Waals surface area (Å²) < 4.78 is 5.96. The second kappa shape index (κ2) is 7.88. The smallest absolute Gasteiger partial charge is 0.315 e. The number of fused-ring (bicyclic) bond motifs is 1. The maximum absolute atomic E-state index is 12.2. The molecule has 0 fully saturated rings. The SMILES string of the molecule is CCOc1cc(/C=N\NC(=O)c2ccc3nc(N)sc3c2)cc([N+](=O)[O-])c1O. The van der Waals surface area contributed by atoms with Crippen molar-refractivity contribution in [2.24, 2.45) is 5.10 Å². The summed E-state index contributed by atoms with van der Waals surface area (Å²) in [6.07, 6.45) is 1.22. The fourth-order valence-corrected chi connectivity index (χ4v) is 3.18. The lowest BCUT2D eigenvalue weighted by molar-refractivity contribution is -0.386. The van der Waals surface area contributed by atoms with Crippen LogP contribution >= 0.6 is 11.3 Å². The number of ether oxygens (including phenoxy) is 1. The Labute approximate surface area is 162 Å². The first-order valence-electron chi connectivity index (χ1n) is 8.02. The zero-order valence-corrected chi connectivity index (χ0v) is 15.4. The molecule has 2 aromatic carbocycles. The Morgan fingerprint density at radius 3 is 2.96 bits per heavy atom. The molecule has 0 aliphatic carbocycles. The fourth-order valence-electron chi connectivity index (χ4n) is 2.41. The lowest BCUT2D eigenvalue weighted by Gasteiger charge is -2.07. The second-order valence-electron chi connectivity index (χ2n) is 5.51. The average molecular weight is 401 g/mol. The topological polar surface area (TPSA) is 153 Å². The number of nitrogens with one attached hydrogen (secondary N) is 1. The number of anilines is 1. The Balaban J connectivity index is 1.79. The largest absolute Gasteiger partial charge is 0.500 e. The number of hydrogen-bond donors (Lipinski definition) is 3. The number of nitro groups is 1. The number of benzene rings is 2. The van der Waals surface area contributed by atoms with Crippen molar-refractivity contribution in [3.63, 3.8) is 0 Å². The van der Waals surface area contributed by atoms with Gasteiger partial charge in [-0.05, 0) is 31.2 Å². The van der Waals surface area contributed by atoms with E-state index in [1.807, 2.05) is 0 Å². The summed E-state index contributed by atoms with van der Waals surface area (Å²) in [4.78, 5) is 26.7. The molecule has 0 saturated carbocycles. The van der Waals surface area contributed by atoms with E-state index < -0.39 is 22.3 Å². The third-order valence-electron chi connectivity index (χ3n) is 3.62. The molecule has 0 spiro atoms. The summed E-state index contributed by atoms with van der Waals surface area (Å²) in [5, 5.41) is 25.2. The number of aromatic nitrogens is 1. The van der Waals surface area contributed by atoms with Crippen LogP contribution < -0.4 is 15.9 Å². The van der Waals surface area contributed by atoms with Crippen LogP contribution in [0.3, 0.4) is 0 Å². The summed E-state index contributed by atoms with van der Waals surface area (Å²) >= 11 is 1.26. The van der Waals surface area contributed by atoms with E-state index in [-0.39, 0.29) is 17.9 Å². The van der Waals surface area contributed by atoms with Gasteiger partial charge in [0.15, 0.2) is 10.9 Å². The molecule has 28 heavy (non-hydrogen) atoms. The van der Waals surface area contributed by atoms with Gasteiger partial charge in [0.25, 0.3) is 5.91 Å². The van der Waals surface area contributed by atoms with Crippen LogP contribution in [0.2, 0.25) is 0 Å². The lowest BCUT2D eigenvalue weighted by atomic mass is 10.2. The Morgan fingerprint density at radius 1 is 1.46 bits per heavy atom. The second-order valence-corrected chi connectivity index (χ2v) is 6.57. The molecule has 10 nitrogen and oxygen atoms in total. The third-order valence-corrected chi connectivity index (χ3v) is 4.47. The number of hydrogen-bond acceptors (Lipinski definition) is 9. The molecule has 0 unspecified atom stereocenters. The van der Waals surface area contributed by atoms with Crippen LogP contribution in [-0.2, 0) is 0 Å². The standard InChI is InChI=1S/C17H15N5O5S/c1-2-27-13-6-9(5-12(15(13)23)22(25)26)8-19-21-16(24)10-3-4-11-14(7-10)28-17(18)20-11/h3-8,23H,2H2,1H3,(H2,18,20)(H,21,24)/b19-8-. The summed E-state index contributed by atoms with van der Waals surface area (Å²) in [6, 6.07) is 7.42. The fraction of sp³-hybridized carbons (Fsp3) is 0.118. The molecule has 0 atom stereocenters. The Kier molecular flexibility index (Phi) is 5.36. The van der Waals surface area contributed by atoms with Gasteiger partial charge in [-0.25, -0.2) is 10.4 Å². The Bertz CT molecular complexity index is 1090. The van der Waals surface area contributed by atoms with E-state index in [1.165, 1.54) is 23.6 Å². The molecule has 3 aromatic rings. The van der Waals surface area contributed by atoms with E-state index in [4.69, 9.17) is 10.5 Å². The number of carbonyl (C=O) groups excluding carboxylic acids is 1. The number of nitrogens with zero attached hydrogens (tertiary/aromatic N) is 3. The van der Waals surface area contributed by atoms with Crippen LogP contribution in [0.4, 0.5) is 10.8 Å². The molecule has 4 N–H and O–H groups in total. The summed E-state index contributed by atoms with van der Waals surface area (Å²) in [5.74, 6) is -1.08. The van der Waals surface area contributed by atoms with Crippen LogP contribution in [-0.4, -0.2) is 33.7 Å². The van der Waals surface area contributed by atoms with Gasteiger partial charge >= 0.3 is 5.69 Å². The normalized spacial score (nSPS) is 11.0. The number of aromatic hydroxyl groups is 1. The highest BCUT2D eigenvalue weighted by molar-refractivity contribution is 7.22. The zero-order chi connectivity index (χ0) is 20.3. The monoisotopic (exact) mass is 401 g/mol. The van der Waals surface area contributed by atoms with Gasteiger partial charge in [0.05, 0.1) is 28.0 Å². The molecule has 0 bridgehead atoms. The van der Waals surface area contributed by atoms with Gasteiger partial charge in [0.2, 0.25) is 5.75 Å². The van der Waals surface area contributed by atoms with Crippen molar-refractivity contribution in [2.45, 2.75) is 6.92 Å². The highest BCUT2D eigenvalue weighted by Crippen LogP contribution is 2.36. The molecule has 1 aromatic heterocycles. The molecular weight excluding hydrogens is 386 g/mol. The van der Waals surface area contributed by atoms with E-state index in [0.29, 0.717) is 16.2 Å². The lowest BCUT2D eigenvalue weighted by Crippen LogP contribution is -2.17. The van der Waals surface area contributed by atoms with Gasteiger partial charge in [0, 0.05) is 17.2 Å². The van der Waals surface area contributed by atoms with Gasteiger partial charge in [0.1, 0.15) is 0 Å². The first kappa shape index (κ1) is 19.0. The molecule has 11 heteroatoms. The molecular formula is C17H15N5O5S. The van der Waals surface area contributed by atoms with Gasteiger partial charge in [-0.15, -0.1) is 0 Å². The minimum atomic E-state index is -0.732. The van der Waals surface area contributed by atoms with Crippen molar-refractivity contribution in [3.8, 4) is 11.5 Å². The summed E-state index contributed by atoms with van der Waals surface area (Å²) in [5.41, 5.74) is 8.80. The van der Waals surface area contributed by atoms with Crippen LogP contribution in [0.25, 0.3) is 10.2 Å². The average Bonchev–Trinajstić information content (AvgIpc) is 3.03. The predicted octanol–water partition coefficient (Wildman–Crippen LogP) is 2.65. The number of thiazole rings is 1. The number of carbonyl (C=O) groups is 1. The third kappa shape index (κ3) is 3.99. The van der Waals surface area contributed by atoms with E-state index >= 15 is 0 Å². The van der Waals surface area contributed by atoms with Crippen LogP contribution in [0.15, 0.2) is 35.4 Å². The zero-order valence-electron chi connectivity index (χ0n) is 14.6. The van der Waals surface area contributed by atoms with Gasteiger partial charge in [-0.2, -0.15) is 5.10 Å². The minimum absolute atomic E-state index is 0.0438. The van der Waals surface area contributed by atoms with Gasteiger partial charge in [-0.1, -0.05) is 11.3 Å². The number of nitrogens with two attached hydrogens (primary N) is 1. The van der Waals surface area contributed by atoms with Crippen LogP contribution in [0.1, 0.15) is 22.8 Å². The Hall–Kier alpha value is -3.73. The van der Waals surface area contributed by atoms with Gasteiger partial charge in [-0.3, -0.25) is 14.9 Å². The number of phenolic OH excluding ortho intramolecular Hbond substituents is 1. The maximum Gasteiger partial charge on any atom is 0.315 e. The van der Waals surface area contributed by atoms with Gasteiger partial charge < -0.3 is 15.6 Å². The first-order valence-corrected chi connectivity index (χ1v) is 8.84. The summed E-state index contributed by atoms with van der Waals surface area (Å²) in [6.45, 7) is 1.90. The Morgan fingerprint density at radius 2 is 2.25 bits per heavy atom. The minimum Gasteiger partial charge on any atom is -0.500 e. The van der Waals surface area contributed by atoms with E-state index in [2.05, 4.69) is 15.5 Å². The predicted molar refractivity (Wildman–Crippen MR) is 105 cm³/mol. The van der Waals surface area contributed by atoms with Crippen LogP contribution in [0.5, 0.6) is 11.5 Å². The van der Waals surface area contributed by atoms with Crippen molar-refractivity contribution in [3.05, 3.63) is 51.6 Å². The first-order chi connectivity index (χ1) is 13.4. The quantitative estimate of drug-likeness (QED) is 0.326.